The summed E-state index contributed by atoms with van der Waals surface area (Å²) in [5.41, 5.74) is 0.823. The molecule has 138 valence electrons. The zero-order valence-corrected chi connectivity index (χ0v) is 14.7. The molecule has 1 aromatic carbocycles. The average molecular weight is 360 g/mol. The molecule has 3 unspecified atom stereocenters. The molecule has 0 saturated heterocycles. The minimum Gasteiger partial charge on any atom is -0.603 e. The highest BCUT2D eigenvalue weighted by Crippen LogP contribution is 2.43. The van der Waals surface area contributed by atoms with E-state index in [1.54, 1.807) is 38.3 Å². The summed E-state index contributed by atoms with van der Waals surface area (Å²) in [6.45, 7) is 5.87. The van der Waals surface area contributed by atoms with Gasteiger partial charge in [-0.15, -0.1) is 0 Å². The van der Waals surface area contributed by atoms with Gasteiger partial charge in [0, 0.05) is 17.7 Å². The molecule has 9 heteroatoms. The zero-order valence-electron chi connectivity index (χ0n) is 14.7. The van der Waals surface area contributed by atoms with Crippen LogP contribution in [-0.4, -0.2) is 38.7 Å². The standard InChI is InChI=1S/C17H20N4O5/c1-4-24-10-5-6-20(21(23)9-10)15-11-7-12-13(19-26-18-12)8-14(11)25-17(2,3)16(15)22/h5-9,15-16,21-22H,4H2,1-3H3. The second-order valence-electron chi connectivity index (χ2n) is 6.78. The molecule has 2 aromatic rings. The Kier molecular flexibility index (Phi) is 3.87. The number of aromatic nitrogens is 2. The van der Waals surface area contributed by atoms with Crippen LogP contribution in [0.1, 0.15) is 32.4 Å². The first-order valence-corrected chi connectivity index (χ1v) is 8.39. The number of aliphatic hydroxyl groups excluding tert-OH is 1. The number of fused-ring (bicyclic) bond motifs is 2. The predicted molar refractivity (Wildman–Crippen MR) is 90.3 cm³/mol. The van der Waals surface area contributed by atoms with Gasteiger partial charge in [0.05, 0.1) is 12.8 Å². The summed E-state index contributed by atoms with van der Waals surface area (Å²) in [6.07, 6.45) is 3.78. The summed E-state index contributed by atoms with van der Waals surface area (Å²) >= 11 is 0. The van der Waals surface area contributed by atoms with E-state index < -0.39 is 17.7 Å². The first-order chi connectivity index (χ1) is 12.4. The summed E-state index contributed by atoms with van der Waals surface area (Å²) in [4.78, 5) is 0. The molecule has 0 amide bonds. The van der Waals surface area contributed by atoms with Gasteiger partial charge in [0.25, 0.3) is 0 Å². The van der Waals surface area contributed by atoms with E-state index in [9.17, 15) is 10.3 Å². The van der Waals surface area contributed by atoms with E-state index in [4.69, 9.17) is 14.1 Å². The number of nitrogens with one attached hydrogen (secondary N) is 1. The highest BCUT2D eigenvalue weighted by molar-refractivity contribution is 5.77. The second kappa shape index (κ2) is 5.97. The molecule has 26 heavy (non-hydrogen) atoms. The highest BCUT2D eigenvalue weighted by atomic mass is 16.6. The number of ether oxygens (including phenoxy) is 2. The molecule has 9 nitrogen and oxygen atoms in total. The number of allylic oxidation sites excluding steroid dienone is 1. The van der Waals surface area contributed by atoms with Crippen LogP contribution in [0.4, 0.5) is 0 Å². The Labute approximate surface area is 149 Å². The maximum absolute atomic E-state index is 12.7. The average Bonchev–Trinajstić information content (AvgIpc) is 3.03. The molecule has 2 N–H and O–H groups in total. The molecule has 2 aliphatic heterocycles. The first-order valence-electron chi connectivity index (χ1n) is 8.39. The van der Waals surface area contributed by atoms with Gasteiger partial charge in [-0.25, -0.2) is 14.8 Å². The van der Waals surface area contributed by atoms with E-state index in [0.717, 1.165) is 0 Å². The van der Waals surface area contributed by atoms with Gasteiger partial charge < -0.3 is 19.8 Å². The molecule has 0 spiro atoms. The van der Waals surface area contributed by atoms with Crippen molar-refractivity contribution in [3.63, 3.8) is 0 Å². The largest absolute Gasteiger partial charge is 0.603 e. The third-order valence-corrected chi connectivity index (χ3v) is 4.62. The topological polar surface area (TPSA) is 108 Å². The first kappa shape index (κ1) is 16.8. The van der Waals surface area contributed by atoms with E-state index in [-0.39, 0.29) is 5.17 Å². The van der Waals surface area contributed by atoms with Gasteiger partial charge in [0.1, 0.15) is 34.5 Å². The molecule has 3 atom stereocenters. The van der Waals surface area contributed by atoms with Gasteiger partial charge >= 0.3 is 0 Å². The van der Waals surface area contributed by atoms with Gasteiger partial charge in [-0.05, 0) is 37.2 Å². The van der Waals surface area contributed by atoms with Crippen molar-refractivity contribution in [1.82, 2.24) is 15.3 Å². The van der Waals surface area contributed by atoms with Crippen molar-refractivity contribution >= 4 is 11.0 Å². The Bertz CT molecular complexity index is 890. The van der Waals surface area contributed by atoms with Crippen LogP contribution in [0.2, 0.25) is 0 Å². The van der Waals surface area contributed by atoms with Gasteiger partial charge in [-0.1, -0.05) is 0 Å². The van der Waals surface area contributed by atoms with Crippen LogP contribution in [0.15, 0.2) is 41.0 Å². The van der Waals surface area contributed by atoms with Crippen LogP contribution in [0, 0.1) is 5.21 Å². The number of hydroxylamine groups is 1. The molecule has 0 saturated carbocycles. The molecular weight excluding hydrogens is 340 g/mol. The fourth-order valence-electron chi connectivity index (χ4n) is 3.30. The number of hydrogen-bond acceptors (Lipinski definition) is 8. The minimum absolute atomic E-state index is 0.276. The Morgan fingerprint density at radius 2 is 2.08 bits per heavy atom. The van der Waals surface area contributed by atoms with Gasteiger partial charge in [0.2, 0.25) is 0 Å². The Balaban J connectivity index is 1.79. The lowest BCUT2D eigenvalue weighted by atomic mass is 9.86. The van der Waals surface area contributed by atoms with Crippen LogP contribution in [0.5, 0.6) is 5.75 Å². The van der Waals surface area contributed by atoms with E-state index in [0.29, 0.717) is 34.7 Å². The SMILES string of the molecule is CCOC1=C[NH+]([O-])N(C2c3cc4nonc4cc3OC(C)(C)C2O)C=C1. The number of quaternary nitrogens is 1. The van der Waals surface area contributed by atoms with E-state index in [1.165, 1.54) is 11.2 Å². The molecule has 4 rings (SSSR count). The zero-order chi connectivity index (χ0) is 18.5. The number of nitrogens with zero attached hydrogens (tertiary/aromatic N) is 3. The van der Waals surface area contributed by atoms with Crippen LogP contribution in [0.3, 0.4) is 0 Å². The van der Waals surface area contributed by atoms with Crippen molar-refractivity contribution in [2.45, 2.75) is 38.5 Å². The summed E-state index contributed by atoms with van der Waals surface area (Å²) in [5, 5.41) is 32.5. The van der Waals surface area contributed by atoms with Gasteiger partial charge in [-0.2, -0.15) is 0 Å². The Morgan fingerprint density at radius 3 is 2.77 bits per heavy atom. The fraction of sp³-hybridized carbons (Fsp3) is 0.412. The molecule has 0 radical (unpaired) electrons. The van der Waals surface area contributed by atoms with E-state index in [2.05, 4.69) is 10.3 Å². The van der Waals surface area contributed by atoms with Crippen LogP contribution >= 0.6 is 0 Å². The minimum atomic E-state index is -0.956. The maximum atomic E-state index is 12.7. The molecule has 3 heterocycles. The van der Waals surface area contributed by atoms with Crippen molar-refractivity contribution in [3.8, 4) is 5.75 Å². The predicted octanol–water partition coefficient (Wildman–Crippen LogP) is 0.801. The molecular formula is C17H20N4O5. The van der Waals surface area contributed by atoms with Gasteiger partial charge in [-0.3, -0.25) is 0 Å². The number of rotatable bonds is 3. The third-order valence-electron chi connectivity index (χ3n) is 4.62. The molecule has 0 aliphatic carbocycles. The molecule has 0 fully saturated rings. The van der Waals surface area contributed by atoms with Crippen molar-refractivity contribution < 1.29 is 24.4 Å². The Morgan fingerprint density at radius 1 is 1.35 bits per heavy atom. The summed E-state index contributed by atoms with van der Waals surface area (Å²) in [7, 11) is 0. The van der Waals surface area contributed by atoms with Crippen LogP contribution < -0.4 is 9.91 Å². The van der Waals surface area contributed by atoms with Crippen molar-refractivity contribution in [3.05, 3.63) is 47.1 Å². The maximum Gasteiger partial charge on any atom is 0.176 e. The lowest BCUT2D eigenvalue weighted by Gasteiger charge is -2.47. The van der Waals surface area contributed by atoms with Crippen molar-refractivity contribution in [2.24, 2.45) is 0 Å². The summed E-state index contributed by atoms with van der Waals surface area (Å²) in [5.74, 6) is 1.03. The number of hydrogen-bond donors (Lipinski definition) is 2. The van der Waals surface area contributed by atoms with Crippen molar-refractivity contribution in [2.75, 3.05) is 6.61 Å². The Hall–Kier alpha value is -2.62. The number of aliphatic hydroxyl groups is 1. The fourth-order valence-corrected chi connectivity index (χ4v) is 3.30. The lowest BCUT2D eigenvalue weighted by molar-refractivity contribution is -0.924. The quantitative estimate of drug-likeness (QED) is 0.774. The van der Waals surface area contributed by atoms with Crippen molar-refractivity contribution in [1.29, 1.82) is 0 Å². The second-order valence-corrected chi connectivity index (χ2v) is 6.78. The summed E-state index contributed by atoms with van der Waals surface area (Å²) in [6, 6.07) is 2.80. The molecule has 0 bridgehead atoms. The lowest BCUT2D eigenvalue weighted by Crippen LogP contribution is -3.10. The smallest absolute Gasteiger partial charge is 0.176 e. The van der Waals surface area contributed by atoms with Gasteiger partial charge in [0.15, 0.2) is 12.0 Å². The summed E-state index contributed by atoms with van der Waals surface area (Å²) < 4.78 is 16.1. The van der Waals surface area contributed by atoms with Crippen LogP contribution in [-0.2, 0) is 4.74 Å². The normalized spacial score (nSPS) is 27.0. The van der Waals surface area contributed by atoms with E-state index >= 15 is 0 Å². The van der Waals surface area contributed by atoms with Crippen LogP contribution in [0.25, 0.3) is 11.0 Å². The van der Waals surface area contributed by atoms with E-state index in [1.807, 2.05) is 6.92 Å². The third kappa shape index (κ3) is 2.61. The number of benzene rings is 1. The highest BCUT2D eigenvalue weighted by Gasteiger charge is 2.47. The molecule has 1 aromatic heterocycles. The molecule has 2 aliphatic rings. The monoisotopic (exact) mass is 360 g/mol.